The highest BCUT2D eigenvalue weighted by Gasteiger charge is 2.01. The van der Waals surface area contributed by atoms with Gasteiger partial charge in [0.15, 0.2) is 0 Å². The first kappa shape index (κ1) is 13.6. The smallest absolute Gasteiger partial charge is 0.0701 e. The summed E-state index contributed by atoms with van der Waals surface area (Å²) in [5.41, 5.74) is 1.21. The van der Waals surface area contributed by atoms with Crippen LogP contribution in [0.25, 0.3) is 0 Å². The molecule has 0 aliphatic heterocycles. The highest BCUT2D eigenvalue weighted by atomic mass is 79.9. The molecule has 0 amide bonds. The summed E-state index contributed by atoms with van der Waals surface area (Å²) < 4.78 is 2.21. The van der Waals surface area contributed by atoms with Crippen LogP contribution in [0, 0.1) is 0 Å². The summed E-state index contributed by atoms with van der Waals surface area (Å²) in [6.07, 6.45) is 0. The van der Waals surface area contributed by atoms with Crippen LogP contribution in [0.5, 0.6) is 0 Å². The molecule has 0 unspecified atom stereocenters. The molecule has 0 fully saturated rings. The molecule has 0 spiro atoms. The van der Waals surface area contributed by atoms with E-state index < -0.39 is 0 Å². The Labute approximate surface area is 126 Å². The second kappa shape index (κ2) is 6.34. The number of hydrogen-bond acceptors (Lipinski definition) is 2. The molecule has 1 aromatic heterocycles. The molecule has 1 heterocycles. The average molecular weight is 396 g/mol. The molecule has 17 heavy (non-hydrogen) atoms. The summed E-state index contributed by atoms with van der Waals surface area (Å²) >= 11 is 14.6. The monoisotopic (exact) mass is 393 g/mol. The minimum absolute atomic E-state index is 0.753. The van der Waals surface area contributed by atoms with Gasteiger partial charge in [-0.05, 0) is 45.8 Å². The molecule has 2 rings (SSSR count). The summed E-state index contributed by atoms with van der Waals surface area (Å²) in [6, 6.07) is 10.0. The Balaban J connectivity index is 1.90. The van der Waals surface area contributed by atoms with Crippen molar-refractivity contribution in [1.82, 2.24) is 5.32 Å². The molecule has 1 aromatic carbocycles. The molecule has 2 aromatic rings. The van der Waals surface area contributed by atoms with E-state index in [0.29, 0.717) is 0 Å². The Morgan fingerprint density at radius 1 is 1.12 bits per heavy atom. The largest absolute Gasteiger partial charge is 0.308 e. The van der Waals surface area contributed by atoms with Gasteiger partial charge in [-0.2, -0.15) is 0 Å². The first-order chi connectivity index (χ1) is 8.15. The molecule has 90 valence electrons. The molecule has 0 aliphatic rings. The Bertz CT molecular complexity index is 513. The lowest BCUT2D eigenvalue weighted by atomic mass is 10.2. The molecule has 0 radical (unpaired) electrons. The van der Waals surface area contributed by atoms with E-state index in [9.17, 15) is 0 Å². The van der Waals surface area contributed by atoms with Crippen LogP contribution >= 0.6 is 54.8 Å². The summed E-state index contributed by atoms with van der Waals surface area (Å²) in [5, 5.41) is 4.16. The van der Waals surface area contributed by atoms with Crippen LogP contribution in [-0.4, -0.2) is 0 Å². The van der Waals surface area contributed by atoms with E-state index in [1.807, 2.05) is 18.2 Å². The van der Waals surface area contributed by atoms with Crippen molar-refractivity contribution in [3.63, 3.8) is 0 Å². The van der Waals surface area contributed by atoms with Crippen molar-refractivity contribution in [2.24, 2.45) is 0 Å². The maximum absolute atomic E-state index is 5.90. The third-order valence-electron chi connectivity index (χ3n) is 2.26. The predicted molar refractivity (Wildman–Crippen MR) is 81.7 cm³/mol. The van der Waals surface area contributed by atoms with Crippen LogP contribution < -0.4 is 5.32 Å². The van der Waals surface area contributed by atoms with Crippen LogP contribution in [0.15, 0.2) is 38.6 Å². The van der Waals surface area contributed by atoms with Crippen molar-refractivity contribution in [2.75, 3.05) is 0 Å². The maximum Gasteiger partial charge on any atom is 0.0701 e. The van der Waals surface area contributed by atoms with Crippen LogP contribution in [-0.2, 0) is 13.1 Å². The topological polar surface area (TPSA) is 12.0 Å². The molecule has 0 saturated heterocycles. The third-order valence-corrected chi connectivity index (χ3v) is 4.86. The van der Waals surface area contributed by atoms with E-state index in [1.54, 1.807) is 11.3 Å². The van der Waals surface area contributed by atoms with Crippen LogP contribution in [0.3, 0.4) is 0 Å². The highest BCUT2D eigenvalue weighted by Crippen LogP contribution is 2.23. The number of halogens is 3. The van der Waals surface area contributed by atoms with Gasteiger partial charge in [0.2, 0.25) is 0 Å². The van der Waals surface area contributed by atoms with Crippen molar-refractivity contribution in [3.05, 3.63) is 54.1 Å². The van der Waals surface area contributed by atoms with E-state index in [0.717, 1.165) is 22.6 Å². The predicted octanol–water partition coefficient (Wildman–Crippen LogP) is 5.22. The van der Waals surface area contributed by atoms with Crippen molar-refractivity contribution < 1.29 is 0 Å². The van der Waals surface area contributed by atoms with Gasteiger partial charge in [-0.3, -0.25) is 0 Å². The van der Waals surface area contributed by atoms with Crippen molar-refractivity contribution in [1.29, 1.82) is 0 Å². The zero-order valence-corrected chi connectivity index (χ0v) is 13.6. The van der Waals surface area contributed by atoms with Gasteiger partial charge in [0.25, 0.3) is 0 Å². The zero-order valence-electron chi connectivity index (χ0n) is 8.84. The van der Waals surface area contributed by atoms with E-state index >= 15 is 0 Å². The lowest BCUT2D eigenvalue weighted by Gasteiger charge is -2.06. The Morgan fingerprint density at radius 3 is 2.59 bits per heavy atom. The summed E-state index contributed by atoms with van der Waals surface area (Å²) in [6.45, 7) is 1.71. The lowest BCUT2D eigenvalue weighted by Crippen LogP contribution is -2.12. The number of rotatable bonds is 4. The Kier molecular flexibility index (Phi) is 5.06. The molecule has 0 atom stereocenters. The van der Waals surface area contributed by atoms with Gasteiger partial charge < -0.3 is 5.32 Å². The first-order valence-corrected chi connectivity index (χ1v) is 7.82. The lowest BCUT2D eigenvalue weighted by molar-refractivity contribution is 0.699. The number of benzene rings is 1. The molecule has 5 heteroatoms. The standard InChI is InChI=1S/C12H10Br2ClNS/c13-11-5-9(15)2-1-8(11)6-16-7-10-3-4-12(14)17-10/h1-5,16H,6-7H2. The highest BCUT2D eigenvalue weighted by molar-refractivity contribution is 9.11. The SMILES string of the molecule is Clc1ccc(CNCc2ccc(Br)s2)c(Br)c1. The molecular formula is C12H10Br2ClNS. The van der Waals surface area contributed by atoms with Crippen LogP contribution in [0.2, 0.25) is 5.02 Å². The summed E-state index contributed by atoms with van der Waals surface area (Å²) in [5.74, 6) is 0. The molecular weight excluding hydrogens is 385 g/mol. The van der Waals surface area contributed by atoms with E-state index in [2.05, 4.69) is 49.3 Å². The minimum atomic E-state index is 0.753. The van der Waals surface area contributed by atoms with Gasteiger partial charge in [-0.25, -0.2) is 0 Å². The van der Waals surface area contributed by atoms with Crippen LogP contribution in [0.4, 0.5) is 0 Å². The fraction of sp³-hybridized carbons (Fsp3) is 0.167. The molecule has 0 aliphatic carbocycles. The van der Waals surface area contributed by atoms with Gasteiger partial charge in [-0.1, -0.05) is 33.6 Å². The minimum Gasteiger partial charge on any atom is -0.308 e. The molecule has 0 saturated carbocycles. The quantitative estimate of drug-likeness (QED) is 0.749. The van der Waals surface area contributed by atoms with Crippen molar-refractivity contribution >= 4 is 54.8 Å². The van der Waals surface area contributed by atoms with Gasteiger partial charge in [0.1, 0.15) is 0 Å². The Morgan fingerprint density at radius 2 is 1.94 bits per heavy atom. The number of nitrogens with one attached hydrogen (secondary N) is 1. The van der Waals surface area contributed by atoms with Crippen LogP contribution in [0.1, 0.15) is 10.4 Å². The normalized spacial score (nSPS) is 10.8. The second-order valence-electron chi connectivity index (χ2n) is 3.55. The Hall–Kier alpha value is 0.130. The van der Waals surface area contributed by atoms with E-state index in [-0.39, 0.29) is 0 Å². The fourth-order valence-electron chi connectivity index (χ4n) is 1.43. The van der Waals surface area contributed by atoms with Gasteiger partial charge in [0, 0.05) is 27.5 Å². The van der Waals surface area contributed by atoms with Gasteiger partial charge >= 0.3 is 0 Å². The molecule has 1 nitrogen and oxygen atoms in total. The van der Waals surface area contributed by atoms with Crippen molar-refractivity contribution in [3.8, 4) is 0 Å². The zero-order chi connectivity index (χ0) is 12.3. The first-order valence-electron chi connectivity index (χ1n) is 5.04. The number of thiophene rings is 1. The summed E-state index contributed by atoms with van der Waals surface area (Å²) in [4.78, 5) is 1.32. The maximum atomic E-state index is 5.90. The molecule has 0 bridgehead atoms. The molecule has 1 N–H and O–H groups in total. The van der Waals surface area contributed by atoms with Gasteiger partial charge in [0.05, 0.1) is 3.79 Å². The third kappa shape index (κ3) is 4.07. The summed E-state index contributed by atoms with van der Waals surface area (Å²) in [7, 11) is 0. The van der Waals surface area contributed by atoms with Crippen molar-refractivity contribution in [2.45, 2.75) is 13.1 Å². The van der Waals surface area contributed by atoms with Gasteiger partial charge in [-0.15, -0.1) is 11.3 Å². The second-order valence-corrected chi connectivity index (χ2v) is 7.38. The number of hydrogen-bond donors (Lipinski definition) is 1. The fourth-order valence-corrected chi connectivity index (χ4v) is 3.71. The average Bonchev–Trinajstić information content (AvgIpc) is 2.68. The van der Waals surface area contributed by atoms with E-state index in [4.69, 9.17) is 11.6 Å². The van der Waals surface area contributed by atoms with E-state index in [1.165, 1.54) is 14.2 Å².